The van der Waals surface area contributed by atoms with E-state index >= 15 is 0 Å². The molecule has 0 aliphatic carbocycles. The van der Waals surface area contributed by atoms with E-state index in [1.54, 1.807) is 30.1 Å². The Balaban J connectivity index is 2.09. The molecular formula is C14H21N3OS2. The van der Waals surface area contributed by atoms with Crippen molar-refractivity contribution in [3.05, 3.63) is 30.1 Å². The van der Waals surface area contributed by atoms with Gasteiger partial charge in [0.1, 0.15) is 0 Å². The number of rotatable bonds is 7. The van der Waals surface area contributed by atoms with Crippen LogP contribution >= 0.6 is 24.0 Å². The van der Waals surface area contributed by atoms with Crippen molar-refractivity contribution >= 4 is 34.2 Å². The van der Waals surface area contributed by atoms with E-state index in [1.165, 1.54) is 31.9 Å². The number of hydrogen-bond donors (Lipinski definition) is 2. The summed E-state index contributed by atoms with van der Waals surface area (Å²) in [6.07, 6.45) is 9.38. The highest BCUT2D eigenvalue weighted by molar-refractivity contribution is 8.22. The molecule has 0 saturated carbocycles. The second-order valence-corrected chi connectivity index (χ2v) is 6.14. The van der Waals surface area contributed by atoms with Crippen LogP contribution in [0.5, 0.6) is 0 Å². The van der Waals surface area contributed by atoms with E-state index in [9.17, 15) is 4.79 Å². The summed E-state index contributed by atoms with van der Waals surface area (Å²) < 4.78 is 0.595. The van der Waals surface area contributed by atoms with E-state index in [0.29, 0.717) is 9.88 Å². The highest BCUT2D eigenvalue weighted by Crippen LogP contribution is 2.09. The number of thioether (sulfide) groups is 1. The Morgan fingerprint density at radius 3 is 2.80 bits per heavy atom. The molecule has 4 nitrogen and oxygen atoms in total. The molecule has 0 aliphatic heterocycles. The number of aromatic nitrogens is 1. The van der Waals surface area contributed by atoms with E-state index in [2.05, 4.69) is 22.8 Å². The second kappa shape index (κ2) is 10.6. The predicted octanol–water partition coefficient (Wildman–Crippen LogP) is 3.30. The highest BCUT2D eigenvalue weighted by Gasteiger charge is 2.05. The van der Waals surface area contributed by atoms with Gasteiger partial charge >= 0.3 is 0 Å². The van der Waals surface area contributed by atoms with E-state index in [1.807, 2.05) is 0 Å². The predicted molar refractivity (Wildman–Crippen MR) is 88.7 cm³/mol. The molecule has 0 unspecified atom stereocenters. The number of nitrogens with one attached hydrogen (secondary N) is 2. The molecule has 2 N–H and O–H groups in total. The van der Waals surface area contributed by atoms with Crippen molar-refractivity contribution in [2.45, 2.75) is 39.0 Å². The van der Waals surface area contributed by atoms with Crippen LogP contribution in [0, 0.1) is 0 Å². The third-order valence-electron chi connectivity index (χ3n) is 2.68. The fourth-order valence-electron chi connectivity index (χ4n) is 1.58. The Labute approximate surface area is 130 Å². The maximum atomic E-state index is 11.7. The van der Waals surface area contributed by atoms with Crippen molar-refractivity contribution in [3.8, 4) is 0 Å². The fourth-order valence-corrected chi connectivity index (χ4v) is 2.54. The first-order chi connectivity index (χ1) is 9.74. The lowest BCUT2D eigenvalue weighted by Crippen LogP contribution is -2.39. The minimum Gasteiger partial charge on any atom is -0.283 e. The summed E-state index contributed by atoms with van der Waals surface area (Å²) >= 11 is 6.71. The van der Waals surface area contributed by atoms with Crippen LogP contribution < -0.4 is 10.9 Å². The fraction of sp³-hybridized carbons (Fsp3) is 0.500. The maximum Gasteiger partial charge on any atom is 0.271 e. The van der Waals surface area contributed by atoms with Gasteiger partial charge in [0, 0.05) is 18.1 Å². The Kier molecular flexibility index (Phi) is 8.98. The maximum absolute atomic E-state index is 11.7. The molecule has 0 fully saturated rings. The van der Waals surface area contributed by atoms with Crippen molar-refractivity contribution < 1.29 is 4.79 Å². The number of unbranched alkanes of at least 4 members (excludes halogenated alkanes) is 4. The zero-order valence-corrected chi connectivity index (χ0v) is 13.4. The van der Waals surface area contributed by atoms with Crippen LogP contribution in [0.1, 0.15) is 49.4 Å². The monoisotopic (exact) mass is 311 g/mol. The number of carbonyl (C=O) groups is 1. The molecule has 20 heavy (non-hydrogen) atoms. The van der Waals surface area contributed by atoms with Gasteiger partial charge in [-0.3, -0.25) is 20.6 Å². The van der Waals surface area contributed by atoms with Gasteiger partial charge in [0.2, 0.25) is 0 Å². The summed E-state index contributed by atoms with van der Waals surface area (Å²) in [5.74, 6) is 0.752. The standard InChI is InChI=1S/C14H21N3OS2/c1-2-3-4-5-6-10-20-14(19)17-16-13(18)12-8-7-9-15-11-12/h7-9,11H,2-6,10H2,1H3,(H,16,18)(H,17,19). The molecule has 1 aromatic heterocycles. The Hall–Kier alpha value is -1.14. The van der Waals surface area contributed by atoms with Gasteiger partial charge in [-0.1, -0.05) is 56.6 Å². The van der Waals surface area contributed by atoms with Gasteiger partial charge in [-0.15, -0.1) is 0 Å². The second-order valence-electron chi connectivity index (χ2n) is 4.37. The number of amides is 1. The molecule has 1 heterocycles. The average Bonchev–Trinajstić information content (AvgIpc) is 2.49. The number of hydrazine groups is 1. The normalized spacial score (nSPS) is 10.1. The van der Waals surface area contributed by atoms with Crippen LogP contribution in [0.25, 0.3) is 0 Å². The van der Waals surface area contributed by atoms with Crippen molar-refractivity contribution in [2.75, 3.05) is 5.75 Å². The van der Waals surface area contributed by atoms with Crippen LogP contribution in [0.3, 0.4) is 0 Å². The first kappa shape index (κ1) is 16.9. The van der Waals surface area contributed by atoms with Crippen LogP contribution in [-0.2, 0) is 0 Å². The van der Waals surface area contributed by atoms with Gasteiger partial charge in [-0.05, 0) is 18.6 Å². The smallest absolute Gasteiger partial charge is 0.271 e. The lowest BCUT2D eigenvalue weighted by atomic mass is 10.2. The number of hydrogen-bond acceptors (Lipinski definition) is 4. The molecule has 6 heteroatoms. The zero-order chi connectivity index (χ0) is 14.6. The summed E-state index contributed by atoms with van der Waals surface area (Å²) in [5, 5.41) is 0. The third kappa shape index (κ3) is 7.45. The van der Waals surface area contributed by atoms with Crippen molar-refractivity contribution in [3.63, 3.8) is 0 Å². The molecular weight excluding hydrogens is 290 g/mol. The van der Waals surface area contributed by atoms with E-state index in [0.717, 1.165) is 12.2 Å². The molecule has 0 aromatic carbocycles. The Morgan fingerprint density at radius 2 is 2.10 bits per heavy atom. The van der Waals surface area contributed by atoms with E-state index < -0.39 is 0 Å². The lowest BCUT2D eigenvalue weighted by Gasteiger charge is -2.08. The molecule has 0 bridgehead atoms. The largest absolute Gasteiger partial charge is 0.283 e. The number of carbonyl (C=O) groups excluding carboxylic acids is 1. The van der Waals surface area contributed by atoms with Crippen molar-refractivity contribution in [1.29, 1.82) is 0 Å². The first-order valence-electron chi connectivity index (χ1n) is 6.87. The van der Waals surface area contributed by atoms with Crippen molar-refractivity contribution in [1.82, 2.24) is 15.8 Å². The molecule has 1 aromatic rings. The number of pyridine rings is 1. The Bertz CT molecular complexity index is 412. The van der Waals surface area contributed by atoms with Crippen LogP contribution in [0.4, 0.5) is 0 Å². The van der Waals surface area contributed by atoms with Gasteiger partial charge in [-0.2, -0.15) is 0 Å². The van der Waals surface area contributed by atoms with Gasteiger partial charge in [-0.25, -0.2) is 0 Å². The highest BCUT2D eigenvalue weighted by atomic mass is 32.2. The van der Waals surface area contributed by atoms with Gasteiger partial charge in [0.25, 0.3) is 5.91 Å². The molecule has 0 saturated heterocycles. The summed E-state index contributed by atoms with van der Waals surface area (Å²) in [5.41, 5.74) is 5.83. The van der Waals surface area contributed by atoms with E-state index in [4.69, 9.17) is 12.2 Å². The molecule has 0 radical (unpaired) electrons. The van der Waals surface area contributed by atoms with Crippen molar-refractivity contribution in [2.24, 2.45) is 0 Å². The molecule has 0 aliphatic rings. The van der Waals surface area contributed by atoms with Crippen LogP contribution in [0.2, 0.25) is 0 Å². The third-order valence-corrected chi connectivity index (χ3v) is 4.00. The lowest BCUT2D eigenvalue weighted by molar-refractivity contribution is 0.0944. The molecule has 1 rings (SSSR count). The van der Waals surface area contributed by atoms with E-state index in [-0.39, 0.29) is 5.91 Å². The number of thiocarbonyl (C=S) groups is 1. The number of nitrogens with zero attached hydrogens (tertiary/aromatic N) is 1. The summed E-state index contributed by atoms with van der Waals surface area (Å²) in [7, 11) is 0. The molecule has 1 amide bonds. The quantitative estimate of drug-likeness (QED) is 0.460. The summed E-state index contributed by atoms with van der Waals surface area (Å²) in [6.45, 7) is 2.21. The van der Waals surface area contributed by atoms with Gasteiger partial charge in [0.15, 0.2) is 4.32 Å². The van der Waals surface area contributed by atoms with Crippen LogP contribution in [-0.4, -0.2) is 21.0 Å². The summed E-state index contributed by atoms with van der Waals surface area (Å²) in [6, 6.07) is 3.42. The zero-order valence-electron chi connectivity index (χ0n) is 11.7. The van der Waals surface area contributed by atoms with Crippen LogP contribution in [0.15, 0.2) is 24.5 Å². The summed E-state index contributed by atoms with van der Waals surface area (Å²) in [4.78, 5) is 15.6. The van der Waals surface area contributed by atoms with Gasteiger partial charge in [0.05, 0.1) is 5.56 Å². The minimum absolute atomic E-state index is 0.232. The topological polar surface area (TPSA) is 54.0 Å². The SMILES string of the molecule is CCCCCCCSC(=S)NNC(=O)c1cccnc1. The van der Waals surface area contributed by atoms with Gasteiger partial charge < -0.3 is 0 Å². The molecule has 0 atom stereocenters. The average molecular weight is 311 g/mol. The molecule has 0 spiro atoms. The Morgan fingerprint density at radius 1 is 1.30 bits per heavy atom. The molecule has 110 valence electrons. The first-order valence-corrected chi connectivity index (χ1v) is 8.26. The minimum atomic E-state index is -0.232.